The highest BCUT2D eigenvalue weighted by Gasteiger charge is 2.17. The lowest BCUT2D eigenvalue weighted by Crippen LogP contribution is -2.14. The average Bonchev–Trinajstić information content (AvgIpc) is 2.92. The molecule has 2 heterocycles. The van der Waals surface area contributed by atoms with Crippen molar-refractivity contribution in [2.24, 2.45) is 5.84 Å². The van der Waals surface area contributed by atoms with E-state index in [4.69, 9.17) is 10.6 Å². The maximum atomic E-state index is 11.8. The summed E-state index contributed by atoms with van der Waals surface area (Å²) in [6.07, 6.45) is 1.41. The number of ether oxygens (including phenoxy) is 1. The number of nitrogen functional groups attached to an aromatic ring is 1. The zero-order valence-electron chi connectivity index (χ0n) is 9.71. The molecule has 2 aromatic rings. The summed E-state index contributed by atoms with van der Waals surface area (Å²) in [6.45, 7) is 2.05. The summed E-state index contributed by atoms with van der Waals surface area (Å²) in [6, 6.07) is 1.87. The molecule has 0 saturated heterocycles. The maximum Gasteiger partial charge on any atom is 0.341 e. The molecular weight excluding hydrogens is 252 g/mol. The lowest BCUT2D eigenvalue weighted by atomic mass is 10.1. The fourth-order valence-electron chi connectivity index (χ4n) is 1.43. The fraction of sp³-hybridized carbons (Fsp3) is 0.182. The zero-order valence-corrected chi connectivity index (χ0v) is 10.5. The molecule has 94 valence electrons. The van der Waals surface area contributed by atoms with Crippen molar-refractivity contribution in [1.82, 2.24) is 9.97 Å². The van der Waals surface area contributed by atoms with Crippen LogP contribution >= 0.6 is 11.3 Å². The average molecular weight is 264 g/mol. The monoisotopic (exact) mass is 264 g/mol. The van der Waals surface area contributed by atoms with Crippen LogP contribution < -0.4 is 11.3 Å². The smallest absolute Gasteiger partial charge is 0.341 e. The van der Waals surface area contributed by atoms with Crippen LogP contribution in [-0.2, 0) is 4.74 Å². The summed E-state index contributed by atoms with van der Waals surface area (Å²) >= 11 is 1.52. The van der Waals surface area contributed by atoms with E-state index >= 15 is 0 Å². The van der Waals surface area contributed by atoms with Crippen LogP contribution in [0.3, 0.4) is 0 Å². The van der Waals surface area contributed by atoms with E-state index in [9.17, 15) is 4.79 Å². The molecule has 0 aliphatic rings. The second kappa shape index (κ2) is 5.56. The number of hydrazine groups is 1. The third-order valence-electron chi connectivity index (χ3n) is 2.21. The Bertz CT molecular complexity index is 542. The number of rotatable bonds is 4. The van der Waals surface area contributed by atoms with Crippen molar-refractivity contribution in [3.05, 3.63) is 28.6 Å². The number of carbonyl (C=O) groups excluding carboxylic acids is 1. The number of esters is 1. The van der Waals surface area contributed by atoms with Gasteiger partial charge in [0.1, 0.15) is 5.56 Å². The lowest BCUT2D eigenvalue weighted by molar-refractivity contribution is 0.0526. The van der Waals surface area contributed by atoms with E-state index in [1.54, 1.807) is 6.92 Å². The van der Waals surface area contributed by atoms with Crippen molar-refractivity contribution in [2.75, 3.05) is 12.0 Å². The topological polar surface area (TPSA) is 90.1 Å². The molecule has 0 atom stereocenters. The van der Waals surface area contributed by atoms with E-state index in [1.165, 1.54) is 17.5 Å². The minimum absolute atomic E-state index is 0.254. The van der Waals surface area contributed by atoms with Gasteiger partial charge in [-0.2, -0.15) is 11.3 Å². The first-order valence-electron chi connectivity index (χ1n) is 5.29. The van der Waals surface area contributed by atoms with Gasteiger partial charge < -0.3 is 4.74 Å². The molecule has 2 rings (SSSR count). The van der Waals surface area contributed by atoms with Crippen LogP contribution in [0.1, 0.15) is 17.3 Å². The summed E-state index contributed by atoms with van der Waals surface area (Å²) < 4.78 is 4.97. The van der Waals surface area contributed by atoms with Gasteiger partial charge in [0.05, 0.1) is 12.3 Å². The van der Waals surface area contributed by atoms with Gasteiger partial charge in [0.15, 0.2) is 0 Å². The minimum atomic E-state index is -0.442. The third kappa shape index (κ3) is 2.47. The Morgan fingerprint density at radius 1 is 1.61 bits per heavy atom. The zero-order chi connectivity index (χ0) is 13.0. The summed E-state index contributed by atoms with van der Waals surface area (Å²) in [4.78, 5) is 19.9. The molecule has 0 aromatic carbocycles. The van der Waals surface area contributed by atoms with Gasteiger partial charge in [-0.3, -0.25) is 5.43 Å². The molecule has 0 aliphatic carbocycles. The molecule has 6 nitrogen and oxygen atoms in total. The Hall–Kier alpha value is -1.99. The van der Waals surface area contributed by atoms with Crippen LogP contribution in [0.2, 0.25) is 0 Å². The Kier molecular flexibility index (Phi) is 3.85. The first-order valence-corrected chi connectivity index (χ1v) is 6.24. The summed E-state index contributed by atoms with van der Waals surface area (Å²) in [5, 5.41) is 3.80. The Morgan fingerprint density at radius 2 is 2.44 bits per heavy atom. The highest BCUT2D eigenvalue weighted by molar-refractivity contribution is 7.08. The van der Waals surface area contributed by atoms with Crippen molar-refractivity contribution < 1.29 is 9.53 Å². The summed E-state index contributed by atoms with van der Waals surface area (Å²) in [5.74, 6) is 5.08. The number of nitrogens with one attached hydrogen (secondary N) is 1. The van der Waals surface area contributed by atoms with Crippen molar-refractivity contribution in [2.45, 2.75) is 6.92 Å². The number of nitrogens with zero attached hydrogens (tertiary/aromatic N) is 2. The number of hydrogen-bond acceptors (Lipinski definition) is 7. The molecule has 0 aliphatic heterocycles. The van der Waals surface area contributed by atoms with E-state index in [1.807, 2.05) is 16.8 Å². The largest absolute Gasteiger partial charge is 0.462 e. The van der Waals surface area contributed by atoms with Crippen LogP contribution in [0.4, 0.5) is 5.95 Å². The molecule has 18 heavy (non-hydrogen) atoms. The highest BCUT2D eigenvalue weighted by Crippen LogP contribution is 2.25. The van der Waals surface area contributed by atoms with Crippen LogP contribution in [0.5, 0.6) is 0 Å². The predicted molar refractivity (Wildman–Crippen MR) is 69.1 cm³/mol. The molecule has 7 heteroatoms. The molecule has 0 unspecified atom stereocenters. The molecular formula is C11H12N4O2S. The molecule has 0 spiro atoms. The van der Waals surface area contributed by atoms with Gasteiger partial charge in [-0.25, -0.2) is 20.6 Å². The number of carbonyl (C=O) groups is 1. The molecule has 0 radical (unpaired) electrons. The Labute approximate surface area is 108 Å². The minimum Gasteiger partial charge on any atom is -0.462 e. The number of nitrogens with two attached hydrogens (primary N) is 1. The van der Waals surface area contributed by atoms with Crippen molar-refractivity contribution in [1.29, 1.82) is 0 Å². The number of aromatic nitrogens is 2. The molecule has 2 aromatic heterocycles. The van der Waals surface area contributed by atoms with E-state index in [2.05, 4.69) is 15.4 Å². The van der Waals surface area contributed by atoms with Gasteiger partial charge in [0.2, 0.25) is 5.95 Å². The van der Waals surface area contributed by atoms with Crippen LogP contribution in [-0.4, -0.2) is 22.5 Å². The van der Waals surface area contributed by atoms with E-state index < -0.39 is 5.97 Å². The highest BCUT2D eigenvalue weighted by atomic mass is 32.1. The molecule has 3 N–H and O–H groups in total. The Morgan fingerprint density at radius 3 is 3.06 bits per heavy atom. The quantitative estimate of drug-likeness (QED) is 0.496. The first kappa shape index (κ1) is 12.5. The van der Waals surface area contributed by atoms with Gasteiger partial charge in [-0.05, 0) is 18.4 Å². The number of hydrogen-bond donors (Lipinski definition) is 2. The van der Waals surface area contributed by atoms with Crippen LogP contribution in [0.15, 0.2) is 23.0 Å². The summed E-state index contributed by atoms with van der Waals surface area (Å²) in [7, 11) is 0. The van der Waals surface area contributed by atoms with E-state index in [0.717, 1.165) is 5.56 Å². The third-order valence-corrected chi connectivity index (χ3v) is 2.89. The van der Waals surface area contributed by atoms with Gasteiger partial charge in [0.25, 0.3) is 0 Å². The molecule has 0 fully saturated rings. The van der Waals surface area contributed by atoms with Crippen molar-refractivity contribution >= 4 is 23.3 Å². The van der Waals surface area contributed by atoms with Gasteiger partial charge in [-0.15, -0.1) is 0 Å². The SMILES string of the molecule is CCOC(=O)c1cnc(NN)nc1-c1ccsc1. The fourth-order valence-corrected chi connectivity index (χ4v) is 2.07. The van der Waals surface area contributed by atoms with Gasteiger partial charge >= 0.3 is 5.97 Å². The molecule has 0 saturated carbocycles. The van der Waals surface area contributed by atoms with E-state index in [0.29, 0.717) is 17.9 Å². The maximum absolute atomic E-state index is 11.8. The van der Waals surface area contributed by atoms with Gasteiger partial charge in [-0.1, -0.05) is 0 Å². The summed E-state index contributed by atoms with van der Waals surface area (Å²) in [5.41, 5.74) is 4.03. The Balaban J connectivity index is 2.49. The molecule has 0 bridgehead atoms. The van der Waals surface area contributed by atoms with Crippen molar-refractivity contribution in [3.8, 4) is 11.3 Å². The second-order valence-corrected chi connectivity index (χ2v) is 4.11. The number of thiophene rings is 1. The second-order valence-electron chi connectivity index (χ2n) is 3.33. The molecule has 0 amide bonds. The first-order chi connectivity index (χ1) is 8.76. The number of anilines is 1. The van der Waals surface area contributed by atoms with Crippen LogP contribution in [0, 0.1) is 0 Å². The normalized spacial score (nSPS) is 10.1. The van der Waals surface area contributed by atoms with E-state index in [-0.39, 0.29) is 5.95 Å². The van der Waals surface area contributed by atoms with Gasteiger partial charge in [0, 0.05) is 17.1 Å². The van der Waals surface area contributed by atoms with Crippen molar-refractivity contribution in [3.63, 3.8) is 0 Å². The lowest BCUT2D eigenvalue weighted by Gasteiger charge is -2.08. The predicted octanol–water partition coefficient (Wildman–Crippen LogP) is 1.67. The van der Waals surface area contributed by atoms with Crippen LogP contribution in [0.25, 0.3) is 11.3 Å². The standard InChI is InChI=1S/C11H12N4O2S/c1-2-17-10(16)8-5-13-11(15-12)14-9(8)7-3-4-18-6-7/h3-6H,2,12H2,1H3,(H,13,14,15).